The molecule has 0 bridgehead atoms. The van der Waals surface area contributed by atoms with E-state index < -0.39 is 5.97 Å². The minimum atomic E-state index is -0.800. The summed E-state index contributed by atoms with van der Waals surface area (Å²) in [5.41, 5.74) is 5.13. The van der Waals surface area contributed by atoms with Crippen LogP contribution in [0.4, 0.5) is 0 Å². The minimum absolute atomic E-state index is 0.0573. The van der Waals surface area contributed by atoms with Gasteiger partial charge in [0, 0.05) is 6.42 Å². The van der Waals surface area contributed by atoms with Gasteiger partial charge in [0.15, 0.2) is 0 Å². The molecule has 4 nitrogen and oxygen atoms in total. The molecule has 1 atom stereocenters. The van der Waals surface area contributed by atoms with E-state index in [9.17, 15) is 4.79 Å². The quantitative estimate of drug-likeness (QED) is 0.428. The van der Waals surface area contributed by atoms with E-state index in [-0.39, 0.29) is 17.7 Å². The Morgan fingerprint density at radius 3 is 2.33 bits per heavy atom. The first-order chi connectivity index (χ1) is 5.45. The SMILES string of the molecule is CC(C)C(CCC(=N)N)C(=O)O. The van der Waals surface area contributed by atoms with Gasteiger partial charge in [-0.05, 0) is 12.3 Å². The molecule has 70 valence electrons. The van der Waals surface area contributed by atoms with Crippen molar-refractivity contribution in [3.8, 4) is 0 Å². The number of carbonyl (C=O) groups is 1. The lowest BCUT2D eigenvalue weighted by atomic mass is 9.91. The van der Waals surface area contributed by atoms with E-state index in [4.69, 9.17) is 16.2 Å². The molecule has 4 N–H and O–H groups in total. The molecular weight excluding hydrogens is 156 g/mol. The molecule has 0 heterocycles. The van der Waals surface area contributed by atoms with Crippen LogP contribution in [0, 0.1) is 17.2 Å². The van der Waals surface area contributed by atoms with Crippen LogP contribution in [0.25, 0.3) is 0 Å². The van der Waals surface area contributed by atoms with E-state index in [1.807, 2.05) is 13.8 Å². The van der Waals surface area contributed by atoms with E-state index in [1.165, 1.54) is 0 Å². The first-order valence-corrected chi connectivity index (χ1v) is 4.00. The molecule has 0 spiro atoms. The fraction of sp³-hybridized carbons (Fsp3) is 0.750. The molecule has 0 aliphatic carbocycles. The van der Waals surface area contributed by atoms with E-state index >= 15 is 0 Å². The molecule has 0 rings (SSSR count). The van der Waals surface area contributed by atoms with Gasteiger partial charge in [0.25, 0.3) is 0 Å². The van der Waals surface area contributed by atoms with Crippen LogP contribution in [-0.4, -0.2) is 16.9 Å². The lowest BCUT2D eigenvalue weighted by Crippen LogP contribution is -2.22. The molecule has 0 aromatic carbocycles. The smallest absolute Gasteiger partial charge is 0.306 e. The molecule has 0 aliphatic rings. The Morgan fingerprint density at radius 1 is 1.58 bits per heavy atom. The van der Waals surface area contributed by atoms with Crippen molar-refractivity contribution in [3.63, 3.8) is 0 Å². The van der Waals surface area contributed by atoms with Crippen molar-refractivity contribution >= 4 is 11.8 Å². The number of carboxylic acid groups (broad SMARTS) is 1. The maximum Gasteiger partial charge on any atom is 0.306 e. The van der Waals surface area contributed by atoms with Crippen molar-refractivity contribution in [1.29, 1.82) is 5.41 Å². The van der Waals surface area contributed by atoms with Gasteiger partial charge in [-0.25, -0.2) is 0 Å². The molecule has 0 amide bonds. The molecule has 0 fully saturated rings. The molecular formula is C8H16N2O2. The van der Waals surface area contributed by atoms with E-state index in [2.05, 4.69) is 0 Å². The second-order valence-corrected chi connectivity index (χ2v) is 3.25. The molecule has 0 aromatic heterocycles. The maximum absolute atomic E-state index is 10.6. The topological polar surface area (TPSA) is 87.2 Å². The number of nitrogens with two attached hydrogens (primary N) is 1. The highest BCUT2D eigenvalue weighted by molar-refractivity contribution is 5.78. The predicted molar refractivity (Wildman–Crippen MR) is 47.1 cm³/mol. The van der Waals surface area contributed by atoms with Gasteiger partial charge in [-0.15, -0.1) is 0 Å². The lowest BCUT2D eigenvalue weighted by molar-refractivity contribution is -0.143. The Hall–Kier alpha value is -1.06. The first kappa shape index (κ1) is 10.9. The summed E-state index contributed by atoms with van der Waals surface area (Å²) in [6, 6.07) is 0. The summed E-state index contributed by atoms with van der Waals surface area (Å²) in [7, 11) is 0. The largest absolute Gasteiger partial charge is 0.481 e. The van der Waals surface area contributed by atoms with Crippen LogP contribution in [0.1, 0.15) is 26.7 Å². The monoisotopic (exact) mass is 172 g/mol. The van der Waals surface area contributed by atoms with Crippen molar-refractivity contribution in [2.75, 3.05) is 0 Å². The van der Waals surface area contributed by atoms with Gasteiger partial charge in [0.05, 0.1) is 11.8 Å². The number of hydrogen-bond acceptors (Lipinski definition) is 2. The summed E-state index contributed by atoms with van der Waals surface area (Å²) in [4.78, 5) is 10.6. The third kappa shape index (κ3) is 3.95. The molecule has 0 saturated heterocycles. The molecule has 4 heteroatoms. The Bertz CT molecular complexity index is 178. The average Bonchev–Trinajstić information content (AvgIpc) is 1.84. The van der Waals surface area contributed by atoms with Gasteiger partial charge >= 0.3 is 5.97 Å². The maximum atomic E-state index is 10.6. The zero-order valence-corrected chi connectivity index (χ0v) is 7.50. The van der Waals surface area contributed by atoms with Crippen molar-refractivity contribution in [3.05, 3.63) is 0 Å². The molecule has 0 radical (unpaired) electrons. The van der Waals surface area contributed by atoms with Gasteiger partial charge in [0.2, 0.25) is 0 Å². The number of amidine groups is 1. The normalized spacial score (nSPS) is 12.9. The van der Waals surface area contributed by atoms with Crippen LogP contribution in [0.3, 0.4) is 0 Å². The van der Waals surface area contributed by atoms with Crippen molar-refractivity contribution in [2.45, 2.75) is 26.7 Å². The summed E-state index contributed by atoms with van der Waals surface area (Å²) in [6.45, 7) is 3.72. The van der Waals surface area contributed by atoms with Crippen LogP contribution in [0.2, 0.25) is 0 Å². The molecule has 1 unspecified atom stereocenters. The average molecular weight is 172 g/mol. The summed E-state index contributed by atoms with van der Waals surface area (Å²) in [5.74, 6) is -1.02. The summed E-state index contributed by atoms with van der Waals surface area (Å²) in [5, 5.41) is 15.7. The van der Waals surface area contributed by atoms with Gasteiger partial charge < -0.3 is 10.8 Å². The minimum Gasteiger partial charge on any atom is -0.481 e. The fourth-order valence-corrected chi connectivity index (χ4v) is 1.05. The van der Waals surface area contributed by atoms with Crippen molar-refractivity contribution < 1.29 is 9.90 Å². The van der Waals surface area contributed by atoms with E-state index in [1.54, 1.807) is 0 Å². The van der Waals surface area contributed by atoms with E-state index in [0.29, 0.717) is 12.8 Å². The second-order valence-electron chi connectivity index (χ2n) is 3.25. The molecule has 0 saturated carbocycles. The third-order valence-corrected chi connectivity index (χ3v) is 1.85. The number of hydrogen-bond donors (Lipinski definition) is 3. The van der Waals surface area contributed by atoms with Gasteiger partial charge in [0.1, 0.15) is 0 Å². The van der Waals surface area contributed by atoms with Gasteiger partial charge in [-0.2, -0.15) is 0 Å². The summed E-state index contributed by atoms with van der Waals surface area (Å²) < 4.78 is 0. The fourth-order valence-electron chi connectivity index (χ4n) is 1.05. The van der Waals surface area contributed by atoms with E-state index in [0.717, 1.165) is 0 Å². The highest BCUT2D eigenvalue weighted by atomic mass is 16.4. The lowest BCUT2D eigenvalue weighted by Gasteiger charge is -2.14. The predicted octanol–water partition coefficient (Wildman–Crippen LogP) is 1.06. The highest BCUT2D eigenvalue weighted by Gasteiger charge is 2.20. The zero-order valence-electron chi connectivity index (χ0n) is 7.50. The van der Waals surface area contributed by atoms with Gasteiger partial charge in [-0.1, -0.05) is 13.8 Å². The Labute approximate surface area is 72.3 Å². The number of nitrogens with one attached hydrogen (secondary N) is 1. The van der Waals surface area contributed by atoms with Crippen LogP contribution >= 0.6 is 0 Å². The van der Waals surface area contributed by atoms with Crippen LogP contribution in [-0.2, 0) is 4.79 Å². The summed E-state index contributed by atoms with van der Waals surface area (Å²) in [6.07, 6.45) is 0.831. The Kier molecular flexibility index (Phi) is 4.33. The third-order valence-electron chi connectivity index (χ3n) is 1.85. The number of carboxylic acids is 1. The van der Waals surface area contributed by atoms with Crippen LogP contribution < -0.4 is 5.73 Å². The standard InChI is InChI=1S/C8H16N2O2/c1-5(2)6(8(11)12)3-4-7(9)10/h5-6H,3-4H2,1-2H3,(H3,9,10)(H,11,12). The van der Waals surface area contributed by atoms with Crippen LogP contribution in [0.15, 0.2) is 0 Å². The van der Waals surface area contributed by atoms with Gasteiger partial charge in [-0.3, -0.25) is 10.2 Å². The molecule has 0 aromatic rings. The molecule has 0 aliphatic heterocycles. The highest BCUT2D eigenvalue weighted by Crippen LogP contribution is 2.16. The Balaban J connectivity index is 3.97. The van der Waals surface area contributed by atoms with Crippen LogP contribution in [0.5, 0.6) is 0 Å². The van der Waals surface area contributed by atoms with Crippen molar-refractivity contribution in [2.24, 2.45) is 17.6 Å². The first-order valence-electron chi connectivity index (χ1n) is 4.00. The summed E-state index contributed by atoms with van der Waals surface area (Å²) >= 11 is 0. The second kappa shape index (κ2) is 4.74. The Morgan fingerprint density at radius 2 is 2.08 bits per heavy atom. The number of aliphatic carboxylic acids is 1. The zero-order chi connectivity index (χ0) is 9.72. The molecule has 12 heavy (non-hydrogen) atoms. The number of rotatable bonds is 5. The van der Waals surface area contributed by atoms with Crippen molar-refractivity contribution in [1.82, 2.24) is 0 Å².